The van der Waals surface area contributed by atoms with E-state index >= 15 is 0 Å². The number of benzene rings is 2. The predicted octanol–water partition coefficient (Wildman–Crippen LogP) is 3.07. The Labute approximate surface area is 176 Å². The predicted molar refractivity (Wildman–Crippen MR) is 115 cm³/mol. The molecule has 0 atom stereocenters. The molecule has 3 aromatic rings. The number of para-hydroxylation sites is 2. The summed E-state index contributed by atoms with van der Waals surface area (Å²) in [6.07, 6.45) is 0.0726. The zero-order valence-corrected chi connectivity index (χ0v) is 16.6. The maximum atomic E-state index is 12.1. The van der Waals surface area contributed by atoms with Gasteiger partial charge < -0.3 is 10.6 Å². The number of nitrogens with one attached hydrogen (secondary N) is 3. The average Bonchev–Trinajstić information content (AvgIpc) is 3.18. The standard InChI is InChI=1S/C20H19N5O4S/c26-18(22-11-10-21-16-8-4-5-9-17(16)25(28)29)12-15-13-30-20(23-15)24-19(27)14-6-2-1-3-7-14/h1-9,13,21H,10-12H2,(H,22,26)(H,23,24,27). The van der Waals surface area contributed by atoms with Crippen LogP contribution in [0.1, 0.15) is 16.1 Å². The number of aromatic nitrogens is 1. The summed E-state index contributed by atoms with van der Waals surface area (Å²) < 4.78 is 0. The van der Waals surface area contributed by atoms with Crippen LogP contribution in [-0.4, -0.2) is 34.8 Å². The van der Waals surface area contributed by atoms with Crippen LogP contribution in [0.2, 0.25) is 0 Å². The van der Waals surface area contributed by atoms with E-state index in [1.807, 2.05) is 6.07 Å². The Balaban J connectivity index is 1.43. The molecule has 0 spiro atoms. The van der Waals surface area contributed by atoms with Gasteiger partial charge in [-0.2, -0.15) is 0 Å². The number of thiazole rings is 1. The Morgan fingerprint density at radius 3 is 2.53 bits per heavy atom. The number of nitro groups is 1. The second-order valence-electron chi connectivity index (χ2n) is 6.19. The molecule has 30 heavy (non-hydrogen) atoms. The second kappa shape index (κ2) is 10.1. The molecule has 154 valence electrons. The van der Waals surface area contributed by atoms with Crippen molar-refractivity contribution < 1.29 is 14.5 Å². The van der Waals surface area contributed by atoms with Gasteiger partial charge in [0.15, 0.2) is 5.13 Å². The molecule has 9 nitrogen and oxygen atoms in total. The Hall–Kier alpha value is -3.79. The minimum atomic E-state index is -0.461. The van der Waals surface area contributed by atoms with Gasteiger partial charge in [-0.05, 0) is 18.2 Å². The molecule has 0 saturated heterocycles. The molecule has 0 aliphatic rings. The fourth-order valence-corrected chi connectivity index (χ4v) is 3.32. The molecule has 10 heteroatoms. The van der Waals surface area contributed by atoms with E-state index in [0.29, 0.717) is 35.2 Å². The molecule has 0 radical (unpaired) electrons. The largest absolute Gasteiger partial charge is 0.378 e. The van der Waals surface area contributed by atoms with Gasteiger partial charge in [0.05, 0.1) is 17.0 Å². The first-order valence-corrected chi connectivity index (χ1v) is 9.95. The number of hydrogen-bond donors (Lipinski definition) is 3. The first-order valence-electron chi connectivity index (χ1n) is 9.07. The van der Waals surface area contributed by atoms with E-state index in [1.54, 1.807) is 47.8 Å². The quantitative estimate of drug-likeness (QED) is 0.275. The van der Waals surface area contributed by atoms with Crippen molar-refractivity contribution in [1.82, 2.24) is 10.3 Å². The minimum absolute atomic E-state index is 0.0172. The monoisotopic (exact) mass is 425 g/mol. The molecule has 0 aliphatic heterocycles. The zero-order valence-electron chi connectivity index (χ0n) is 15.8. The smallest absolute Gasteiger partial charge is 0.292 e. The summed E-state index contributed by atoms with van der Waals surface area (Å²) in [5.74, 6) is -0.493. The average molecular weight is 425 g/mol. The molecule has 3 N–H and O–H groups in total. The third-order valence-electron chi connectivity index (χ3n) is 4.01. The summed E-state index contributed by atoms with van der Waals surface area (Å²) in [6.45, 7) is 0.638. The second-order valence-corrected chi connectivity index (χ2v) is 7.05. The molecular formula is C20H19N5O4S. The number of anilines is 2. The number of amides is 2. The van der Waals surface area contributed by atoms with Gasteiger partial charge >= 0.3 is 0 Å². The first-order chi connectivity index (χ1) is 14.5. The molecule has 0 bridgehead atoms. The molecule has 1 heterocycles. The highest BCUT2D eigenvalue weighted by Gasteiger charge is 2.13. The summed E-state index contributed by atoms with van der Waals surface area (Å²) in [7, 11) is 0. The van der Waals surface area contributed by atoms with Crippen molar-refractivity contribution in [3.8, 4) is 0 Å². The molecule has 0 unspecified atom stereocenters. The zero-order chi connectivity index (χ0) is 21.3. The summed E-state index contributed by atoms with van der Waals surface area (Å²) >= 11 is 1.25. The van der Waals surface area contributed by atoms with E-state index < -0.39 is 4.92 Å². The van der Waals surface area contributed by atoms with Crippen molar-refractivity contribution in [3.63, 3.8) is 0 Å². The Morgan fingerprint density at radius 2 is 1.77 bits per heavy atom. The van der Waals surface area contributed by atoms with E-state index in [9.17, 15) is 19.7 Å². The van der Waals surface area contributed by atoms with Crippen molar-refractivity contribution in [2.75, 3.05) is 23.7 Å². The van der Waals surface area contributed by atoms with Gasteiger partial charge in [-0.25, -0.2) is 4.98 Å². The molecular weight excluding hydrogens is 406 g/mol. The highest BCUT2D eigenvalue weighted by atomic mass is 32.1. The van der Waals surface area contributed by atoms with Gasteiger partial charge in [0.1, 0.15) is 5.69 Å². The number of carbonyl (C=O) groups excluding carboxylic acids is 2. The van der Waals surface area contributed by atoms with Crippen LogP contribution < -0.4 is 16.0 Å². The maximum absolute atomic E-state index is 12.1. The van der Waals surface area contributed by atoms with Gasteiger partial charge in [-0.15, -0.1) is 11.3 Å². The van der Waals surface area contributed by atoms with Crippen LogP contribution in [0.15, 0.2) is 60.0 Å². The van der Waals surface area contributed by atoms with Crippen molar-refractivity contribution in [2.45, 2.75) is 6.42 Å². The SMILES string of the molecule is O=C(Cc1csc(NC(=O)c2ccccc2)n1)NCCNc1ccccc1[N+](=O)[O-]. The van der Waals surface area contributed by atoms with E-state index in [-0.39, 0.29) is 23.9 Å². The lowest BCUT2D eigenvalue weighted by Gasteiger charge is -2.08. The van der Waals surface area contributed by atoms with E-state index in [1.165, 1.54) is 17.4 Å². The van der Waals surface area contributed by atoms with Crippen molar-refractivity contribution in [3.05, 3.63) is 81.3 Å². The maximum Gasteiger partial charge on any atom is 0.292 e. The Bertz CT molecular complexity index is 1040. The van der Waals surface area contributed by atoms with Gasteiger partial charge in [-0.3, -0.25) is 25.0 Å². The van der Waals surface area contributed by atoms with E-state index in [2.05, 4.69) is 20.9 Å². The molecule has 2 amide bonds. The fourth-order valence-electron chi connectivity index (χ4n) is 2.61. The molecule has 2 aromatic carbocycles. The van der Waals surface area contributed by atoms with Crippen LogP contribution in [0.5, 0.6) is 0 Å². The van der Waals surface area contributed by atoms with Crippen LogP contribution in [0.4, 0.5) is 16.5 Å². The Kier molecular flexibility index (Phi) is 7.06. The van der Waals surface area contributed by atoms with E-state index in [4.69, 9.17) is 0 Å². The van der Waals surface area contributed by atoms with Crippen molar-refractivity contribution in [1.29, 1.82) is 0 Å². The number of hydrogen-bond acceptors (Lipinski definition) is 7. The third-order valence-corrected chi connectivity index (χ3v) is 4.82. The van der Waals surface area contributed by atoms with Gasteiger partial charge in [0, 0.05) is 30.1 Å². The van der Waals surface area contributed by atoms with Crippen LogP contribution >= 0.6 is 11.3 Å². The van der Waals surface area contributed by atoms with E-state index in [0.717, 1.165) is 0 Å². The van der Waals surface area contributed by atoms with Crippen molar-refractivity contribution >= 4 is 39.7 Å². The molecule has 0 saturated carbocycles. The highest BCUT2D eigenvalue weighted by molar-refractivity contribution is 7.14. The normalized spacial score (nSPS) is 10.3. The van der Waals surface area contributed by atoms with Crippen LogP contribution in [0, 0.1) is 10.1 Å². The van der Waals surface area contributed by atoms with Crippen LogP contribution in [0.25, 0.3) is 0 Å². The lowest BCUT2D eigenvalue weighted by molar-refractivity contribution is -0.384. The van der Waals surface area contributed by atoms with Crippen molar-refractivity contribution in [2.24, 2.45) is 0 Å². The van der Waals surface area contributed by atoms with Crippen LogP contribution in [-0.2, 0) is 11.2 Å². The Morgan fingerprint density at radius 1 is 1.03 bits per heavy atom. The summed E-state index contributed by atoms with van der Waals surface area (Å²) in [6, 6.07) is 15.1. The molecule has 0 aliphatic carbocycles. The van der Waals surface area contributed by atoms with Gasteiger partial charge in [-0.1, -0.05) is 30.3 Å². The third kappa shape index (κ3) is 5.85. The number of carbonyl (C=O) groups is 2. The molecule has 0 fully saturated rings. The topological polar surface area (TPSA) is 126 Å². The lowest BCUT2D eigenvalue weighted by atomic mass is 10.2. The summed E-state index contributed by atoms with van der Waals surface area (Å²) in [5, 5.41) is 21.5. The number of nitro benzene ring substituents is 1. The number of nitrogens with zero attached hydrogens (tertiary/aromatic N) is 2. The highest BCUT2D eigenvalue weighted by Crippen LogP contribution is 2.22. The fraction of sp³-hybridized carbons (Fsp3) is 0.150. The first kappa shape index (κ1) is 20.9. The molecule has 3 rings (SSSR count). The number of rotatable bonds is 9. The van der Waals surface area contributed by atoms with Gasteiger partial charge in [0.2, 0.25) is 5.91 Å². The molecule has 1 aromatic heterocycles. The summed E-state index contributed by atoms with van der Waals surface area (Å²) in [5.41, 5.74) is 1.46. The van der Waals surface area contributed by atoms with Gasteiger partial charge in [0.25, 0.3) is 11.6 Å². The lowest BCUT2D eigenvalue weighted by Crippen LogP contribution is -2.30. The van der Waals surface area contributed by atoms with Crippen LogP contribution in [0.3, 0.4) is 0 Å². The summed E-state index contributed by atoms with van der Waals surface area (Å²) in [4.78, 5) is 39.0. The minimum Gasteiger partial charge on any atom is -0.378 e.